The van der Waals surface area contributed by atoms with Crippen LogP contribution < -0.4 is 9.47 Å². The quantitative estimate of drug-likeness (QED) is 0.668. The van der Waals surface area contributed by atoms with E-state index < -0.39 is 5.79 Å². The molecule has 2 N–H and O–H groups in total. The second-order valence-electron chi connectivity index (χ2n) is 9.51. The number of ether oxygens (including phenoxy) is 2. The molecule has 4 nitrogen and oxygen atoms in total. The molecule has 2 heterocycles. The minimum Gasteiger partial charge on any atom is -0.508 e. The minimum atomic E-state index is -0.837. The molecule has 0 radical (unpaired) electrons. The fraction of sp³-hybridized carbons (Fsp3) is 0.478. The van der Waals surface area contributed by atoms with E-state index in [-0.39, 0.29) is 22.3 Å². The van der Waals surface area contributed by atoms with Crippen LogP contribution in [0.2, 0.25) is 0 Å². The van der Waals surface area contributed by atoms with Gasteiger partial charge in [-0.2, -0.15) is 0 Å². The molecular weight excluding hydrogens is 340 g/mol. The summed E-state index contributed by atoms with van der Waals surface area (Å²) in [5.74, 6) is 0.960. The topological polar surface area (TPSA) is 58.9 Å². The van der Waals surface area contributed by atoms with Crippen molar-refractivity contribution in [3.05, 3.63) is 46.5 Å². The number of hydrogen-bond donors (Lipinski definition) is 2. The molecule has 0 saturated carbocycles. The Kier molecular flexibility index (Phi) is 3.56. The monoisotopic (exact) mass is 368 g/mol. The third-order valence-corrected chi connectivity index (χ3v) is 6.07. The van der Waals surface area contributed by atoms with Crippen LogP contribution in [0.25, 0.3) is 0 Å². The van der Waals surface area contributed by atoms with E-state index >= 15 is 0 Å². The van der Waals surface area contributed by atoms with E-state index in [2.05, 4.69) is 27.7 Å². The Hall–Kier alpha value is -2.36. The molecule has 0 amide bonds. The first-order valence-corrected chi connectivity index (χ1v) is 9.49. The van der Waals surface area contributed by atoms with Gasteiger partial charge in [0.15, 0.2) is 0 Å². The molecule has 1 spiro atoms. The molecule has 4 heteroatoms. The first-order valence-electron chi connectivity index (χ1n) is 9.49. The van der Waals surface area contributed by atoms with E-state index in [1.54, 1.807) is 12.1 Å². The number of phenols is 2. The fourth-order valence-corrected chi connectivity index (χ4v) is 4.75. The molecule has 144 valence electrons. The molecule has 0 saturated heterocycles. The third-order valence-electron chi connectivity index (χ3n) is 6.07. The van der Waals surface area contributed by atoms with Gasteiger partial charge in [-0.05, 0) is 37.1 Å². The highest BCUT2D eigenvalue weighted by atomic mass is 16.7. The van der Waals surface area contributed by atoms with Gasteiger partial charge in [0.05, 0.1) is 0 Å². The molecule has 2 aliphatic heterocycles. The molecule has 0 aliphatic carbocycles. The highest BCUT2D eigenvalue weighted by molar-refractivity contribution is 5.53. The predicted octanol–water partition coefficient (Wildman–Crippen LogP) is 5.23. The maximum Gasteiger partial charge on any atom is 0.252 e. The summed E-state index contributed by atoms with van der Waals surface area (Å²) in [6, 6.07) is 7.42. The van der Waals surface area contributed by atoms with Gasteiger partial charge in [0.1, 0.15) is 23.0 Å². The van der Waals surface area contributed by atoms with Crippen molar-refractivity contribution in [3.8, 4) is 23.0 Å². The lowest BCUT2D eigenvalue weighted by molar-refractivity contribution is -0.166. The van der Waals surface area contributed by atoms with Crippen molar-refractivity contribution in [1.29, 1.82) is 0 Å². The van der Waals surface area contributed by atoms with E-state index in [1.165, 1.54) is 0 Å². The molecular formula is C23H28O4. The largest absolute Gasteiger partial charge is 0.508 e. The number of rotatable bonds is 0. The Morgan fingerprint density at radius 1 is 0.704 bits per heavy atom. The zero-order chi connectivity index (χ0) is 19.8. The summed E-state index contributed by atoms with van der Waals surface area (Å²) in [6.07, 6.45) is 1.38. The average molecular weight is 368 g/mol. The first kappa shape index (κ1) is 18.0. The van der Waals surface area contributed by atoms with Crippen LogP contribution >= 0.6 is 0 Å². The molecule has 0 fully saturated rings. The van der Waals surface area contributed by atoms with Gasteiger partial charge in [-0.3, -0.25) is 0 Å². The number of hydrogen-bond acceptors (Lipinski definition) is 4. The van der Waals surface area contributed by atoms with Gasteiger partial charge >= 0.3 is 0 Å². The molecule has 2 aromatic carbocycles. The number of phenolic OH excluding ortho intramolecular Hbond substituents is 2. The van der Waals surface area contributed by atoms with Crippen LogP contribution in [0.4, 0.5) is 0 Å². The SMILES string of the molecule is Cc1cc2c(cc1O)OC1(CC2(C)C)CC(C)(C)c2cc(C)c(O)cc2O1. The van der Waals surface area contributed by atoms with Crippen LogP contribution in [0.1, 0.15) is 62.8 Å². The lowest BCUT2D eigenvalue weighted by Gasteiger charge is -2.51. The maximum atomic E-state index is 10.2. The maximum absolute atomic E-state index is 10.2. The smallest absolute Gasteiger partial charge is 0.252 e. The van der Waals surface area contributed by atoms with E-state index in [0.717, 1.165) is 22.3 Å². The van der Waals surface area contributed by atoms with Crippen molar-refractivity contribution in [3.63, 3.8) is 0 Å². The highest BCUT2D eigenvalue weighted by Gasteiger charge is 2.53. The fourth-order valence-electron chi connectivity index (χ4n) is 4.75. The molecule has 2 aromatic rings. The third kappa shape index (κ3) is 2.73. The van der Waals surface area contributed by atoms with Gasteiger partial charge in [0.25, 0.3) is 5.79 Å². The number of aryl methyl sites for hydroxylation is 2. The summed E-state index contributed by atoms with van der Waals surface area (Å²) < 4.78 is 12.9. The second kappa shape index (κ2) is 5.34. The van der Waals surface area contributed by atoms with Crippen molar-refractivity contribution in [2.75, 3.05) is 0 Å². The normalized spacial score (nSPS) is 21.0. The Morgan fingerprint density at radius 2 is 1.07 bits per heavy atom. The van der Waals surface area contributed by atoms with E-state index in [9.17, 15) is 10.2 Å². The van der Waals surface area contributed by atoms with Crippen LogP contribution in [-0.2, 0) is 10.8 Å². The van der Waals surface area contributed by atoms with Crippen LogP contribution in [0, 0.1) is 13.8 Å². The van der Waals surface area contributed by atoms with Crippen molar-refractivity contribution in [2.24, 2.45) is 0 Å². The summed E-state index contributed by atoms with van der Waals surface area (Å²) in [7, 11) is 0. The van der Waals surface area contributed by atoms with Gasteiger partial charge in [-0.25, -0.2) is 0 Å². The average Bonchev–Trinajstić information content (AvgIpc) is 2.50. The minimum absolute atomic E-state index is 0.174. The van der Waals surface area contributed by atoms with Gasteiger partial charge in [0.2, 0.25) is 0 Å². The number of fused-ring (bicyclic) bond motifs is 2. The Morgan fingerprint density at radius 3 is 1.44 bits per heavy atom. The van der Waals surface area contributed by atoms with E-state index in [1.807, 2.05) is 26.0 Å². The lowest BCUT2D eigenvalue weighted by Crippen LogP contribution is -2.55. The highest BCUT2D eigenvalue weighted by Crippen LogP contribution is 2.54. The molecule has 0 aromatic heterocycles. The van der Waals surface area contributed by atoms with Gasteiger partial charge in [0, 0.05) is 46.9 Å². The van der Waals surface area contributed by atoms with Crippen LogP contribution in [0.3, 0.4) is 0 Å². The number of benzene rings is 2. The van der Waals surface area contributed by atoms with Crippen LogP contribution in [0.5, 0.6) is 23.0 Å². The molecule has 0 atom stereocenters. The van der Waals surface area contributed by atoms with Gasteiger partial charge in [-0.1, -0.05) is 27.7 Å². The zero-order valence-electron chi connectivity index (χ0n) is 16.9. The Labute approximate surface area is 160 Å². The number of aromatic hydroxyl groups is 2. The summed E-state index contributed by atoms with van der Waals surface area (Å²) in [5, 5.41) is 20.4. The van der Waals surface area contributed by atoms with E-state index in [4.69, 9.17) is 9.47 Å². The summed E-state index contributed by atoms with van der Waals surface area (Å²) in [5.41, 5.74) is 3.51. The summed E-state index contributed by atoms with van der Waals surface area (Å²) >= 11 is 0. The van der Waals surface area contributed by atoms with Gasteiger partial charge < -0.3 is 19.7 Å². The molecule has 2 aliphatic rings. The van der Waals surface area contributed by atoms with Crippen molar-refractivity contribution < 1.29 is 19.7 Å². The Balaban J connectivity index is 1.85. The Bertz CT molecular complexity index is 862. The lowest BCUT2D eigenvalue weighted by atomic mass is 9.69. The van der Waals surface area contributed by atoms with Gasteiger partial charge in [-0.15, -0.1) is 0 Å². The molecule has 4 rings (SSSR count). The van der Waals surface area contributed by atoms with Crippen LogP contribution in [0.15, 0.2) is 24.3 Å². The summed E-state index contributed by atoms with van der Waals surface area (Å²) in [6.45, 7) is 12.5. The first-order chi connectivity index (χ1) is 12.4. The van der Waals surface area contributed by atoms with Crippen molar-refractivity contribution in [2.45, 2.75) is 71.0 Å². The standard InChI is InChI=1S/C23H28O4/c1-13-7-15-19(9-17(13)24)26-23(11-21(15,3)4)12-22(5,6)16-8-14(2)18(25)10-20(16)27-23/h7-10,24-25H,11-12H2,1-6H3. The second-order valence-corrected chi connectivity index (χ2v) is 9.51. The van der Waals surface area contributed by atoms with Crippen LogP contribution in [-0.4, -0.2) is 16.0 Å². The molecule has 27 heavy (non-hydrogen) atoms. The summed E-state index contributed by atoms with van der Waals surface area (Å²) in [4.78, 5) is 0. The van der Waals surface area contributed by atoms with Crippen molar-refractivity contribution in [1.82, 2.24) is 0 Å². The van der Waals surface area contributed by atoms with Crippen molar-refractivity contribution >= 4 is 0 Å². The predicted molar refractivity (Wildman–Crippen MR) is 105 cm³/mol. The zero-order valence-corrected chi connectivity index (χ0v) is 16.9. The molecule has 0 unspecified atom stereocenters. The molecule has 0 bridgehead atoms. The van der Waals surface area contributed by atoms with E-state index in [0.29, 0.717) is 24.3 Å².